The van der Waals surface area contributed by atoms with Crippen LogP contribution in [0.3, 0.4) is 0 Å². The van der Waals surface area contributed by atoms with E-state index in [1.54, 1.807) is 28.7 Å². The molecule has 11 aromatic rings. The van der Waals surface area contributed by atoms with Crippen LogP contribution in [0.4, 0.5) is 0 Å². The van der Waals surface area contributed by atoms with Gasteiger partial charge in [-0.25, -0.2) is 0 Å². The fourth-order valence-electron chi connectivity index (χ4n) is 8.05. The summed E-state index contributed by atoms with van der Waals surface area (Å²) in [5.74, 6) is 0. The summed E-state index contributed by atoms with van der Waals surface area (Å²) in [6.07, 6.45) is 0. The lowest BCUT2D eigenvalue weighted by Crippen LogP contribution is -2.07. The van der Waals surface area contributed by atoms with Crippen molar-refractivity contribution in [3.05, 3.63) is 145 Å². The van der Waals surface area contributed by atoms with E-state index in [9.17, 15) is 10.5 Å². The zero-order valence-electron chi connectivity index (χ0n) is 26.3. The zero-order chi connectivity index (χ0) is 33.1. The molecule has 7 aromatic carbocycles. The summed E-state index contributed by atoms with van der Waals surface area (Å²) >= 11 is 3.58. The van der Waals surface area contributed by atoms with Gasteiger partial charge in [-0.2, -0.15) is 10.5 Å². The molecule has 4 heterocycles. The zero-order valence-corrected chi connectivity index (χ0v) is 27.9. The molecule has 0 unspecified atom stereocenters. The van der Waals surface area contributed by atoms with Crippen LogP contribution < -0.4 is 0 Å². The van der Waals surface area contributed by atoms with E-state index in [2.05, 4.69) is 143 Å². The van der Waals surface area contributed by atoms with Gasteiger partial charge in [0, 0.05) is 61.9 Å². The van der Waals surface area contributed by atoms with E-state index in [1.807, 2.05) is 6.07 Å². The van der Waals surface area contributed by atoms with Gasteiger partial charge >= 0.3 is 0 Å². The number of aromatic nitrogens is 2. The number of rotatable bonds is 2. The maximum Gasteiger partial charge on any atom is 0.101 e. The first-order chi connectivity index (χ1) is 24.7. The first kappa shape index (κ1) is 27.5. The SMILES string of the molecule is N#Cc1cc(C#N)c(-n2c3ccccc3c3cc4c(cc32)sc2ccccc24)c(-n2c3ccccc3c3cc4c(cc32)sc2ccccc24)c1. The minimum atomic E-state index is 0.446. The fourth-order valence-corrected chi connectivity index (χ4v) is 10.3. The molecule has 230 valence electrons. The van der Waals surface area contributed by atoms with Crippen molar-refractivity contribution in [2.24, 2.45) is 0 Å². The van der Waals surface area contributed by atoms with Crippen molar-refractivity contribution in [2.75, 3.05) is 0 Å². The van der Waals surface area contributed by atoms with Crippen molar-refractivity contribution in [1.29, 1.82) is 10.5 Å². The van der Waals surface area contributed by atoms with Crippen molar-refractivity contribution < 1.29 is 0 Å². The number of benzene rings is 7. The predicted molar refractivity (Wildman–Crippen MR) is 210 cm³/mol. The second-order valence-electron chi connectivity index (χ2n) is 12.7. The minimum Gasteiger partial charge on any atom is -0.307 e. The highest BCUT2D eigenvalue weighted by molar-refractivity contribution is 7.26. The molecule has 0 N–H and O–H groups in total. The van der Waals surface area contributed by atoms with Gasteiger partial charge in [0.05, 0.1) is 50.6 Å². The van der Waals surface area contributed by atoms with E-state index in [4.69, 9.17) is 0 Å². The van der Waals surface area contributed by atoms with E-state index in [0.717, 1.165) is 55.0 Å². The Morgan fingerprint density at radius 1 is 0.400 bits per heavy atom. The smallest absolute Gasteiger partial charge is 0.101 e. The third-order valence-electron chi connectivity index (χ3n) is 10.1. The van der Waals surface area contributed by atoms with Crippen LogP contribution in [0.5, 0.6) is 0 Å². The largest absolute Gasteiger partial charge is 0.307 e. The summed E-state index contributed by atoms with van der Waals surface area (Å²) in [7, 11) is 0. The Hall–Kier alpha value is -6.44. The molecule has 0 saturated heterocycles. The fraction of sp³-hybridized carbons (Fsp3) is 0. The summed E-state index contributed by atoms with van der Waals surface area (Å²) in [6, 6.07) is 51.8. The molecule has 0 bridgehead atoms. The monoisotopic (exact) mass is 670 g/mol. The second kappa shape index (κ2) is 10.0. The van der Waals surface area contributed by atoms with Crippen molar-refractivity contribution in [3.8, 4) is 23.5 Å². The van der Waals surface area contributed by atoms with Crippen molar-refractivity contribution >= 4 is 107 Å². The topological polar surface area (TPSA) is 57.4 Å². The van der Waals surface area contributed by atoms with E-state index >= 15 is 0 Å². The molecule has 50 heavy (non-hydrogen) atoms. The van der Waals surface area contributed by atoms with Crippen LogP contribution >= 0.6 is 22.7 Å². The molecule has 0 aliphatic carbocycles. The van der Waals surface area contributed by atoms with Crippen molar-refractivity contribution in [2.45, 2.75) is 0 Å². The highest BCUT2D eigenvalue weighted by Gasteiger charge is 2.24. The Labute approximate surface area is 293 Å². The maximum absolute atomic E-state index is 10.8. The quantitative estimate of drug-likeness (QED) is 0.184. The molecule has 0 saturated carbocycles. The lowest BCUT2D eigenvalue weighted by molar-refractivity contribution is 1.09. The van der Waals surface area contributed by atoms with Crippen LogP contribution in [-0.2, 0) is 0 Å². The van der Waals surface area contributed by atoms with Crippen LogP contribution in [0.25, 0.3) is 95.3 Å². The summed E-state index contributed by atoms with van der Waals surface area (Å²) < 4.78 is 9.42. The molecule has 0 amide bonds. The summed E-state index contributed by atoms with van der Waals surface area (Å²) in [5, 5.41) is 30.6. The molecule has 0 radical (unpaired) electrons. The molecule has 11 rings (SSSR count). The normalized spacial score (nSPS) is 12.0. The third kappa shape index (κ3) is 3.61. The van der Waals surface area contributed by atoms with Gasteiger partial charge in [0.15, 0.2) is 0 Å². The number of para-hydroxylation sites is 2. The summed E-state index contributed by atoms with van der Waals surface area (Å²) in [5.41, 5.74) is 6.56. The average Bonchev–Trinajstić information content (AvgIpc) is 3.89. The Balaban J connectivity index is 1.33. The minimum absolute atomic E-state index is 0.446. The molecule has 6 heteroatoms. The molecule has 4 aromatic heterocycles. The van der Waals surface area contributed by atoms with Crippen LogP contribution in [0, 0.1) is 22.7 Å². The van der Waals surface area contributed by atoms with E-state index in [0.29, 0.717) is 11.1 Å². The Morgan fingerprint density at radius 2 is 0.900 bits per heavy atom. The lowest BCUT2D eigenvalue weighted by Gasteiger charge is -2.18. The van der Waals surface area contributed by atoms with Gasteiger partial charge in [-0.1, -0.05) is 72.8 Å². The van der Waals surface area contributed by atoms with Crippen LogP contribution in [0.15, 0.2) is 133 Å². The van der Waals surface area contributed by atoms with Crippen LogP contribution in [0.2, 0.25) is 0 Å². The van der Waals surface area contributed by atoms with Gasteiger partial charge < -0.3 is 9.13 Å². The van der Waals surface area contributed by atoms with Gasteiger partial charge in [-0.15, -0.1) is 22.7 Å². The molecular weight excluding hydrogens is 649 g/mol. The van der Waals surface area contributed by atoms with Gasteiger partial charge in [0.2, 0.25) is 0 Å². The summed E-state index contributed by atoms with van der Waals surface area (Å²) in [4.78, 5) is 0. The Bertz CT molecular complexity index is 3360. The van der Waals surface area contributed by atoms with Crippen LogP contribution in [0.1, 0.15) is 11.1 Å². The summed E-state index contributed by atoms with van der Waals surface area (Å²) in [6.45, 7) is 0. The molecular formula is C44H22N4S2. The number of nitrogens with zero attached hydrogens (tertiary/aromatic N) is 4. The highest BCUT2D eigenvalue weighted by Crippen LogP contribution is 2.45. The first-order valence-corrected chi connectivity index (χ1v) is 18.0. The van der Waals surface area contributed by atoms with Crippen molar-refractivity contribution in [3.63, 3.8) is 0 Å². The molecule has 0 fully saturated rings. The van der Waals surface area contributed by atoms with Gasteiger partial charge in [0.25, 0.3) is 0 Å². The third-order valence-corrected chi connectivity index (χ3v) is 12.4. The van der Waals surface area contributed by atoms with Gasteiger partial charge in [-0.05, 0) is 60.7 Å². The number of hydrogen-bond acceptors (Lipinski definition) is 4. The van der Waals surface area contributed by atoms with Gasteiger partial charge in [0.1, 0.15) is 6.07 Å². The lowest BCUT2D eigenvalue weighted by atomic mass is 10.1. The van der Waals surface area contributed by atoms with E-state index < -0.39 is 0 Å². The standard InChI is InChI=1S/C44H22N4S2/c45-23-25-17-26(24-46)44(48-36-14-6-2-10-28(36)32-20-34-30-12-4-8-16-41(30)50-43(34)22-38(32)48)39(18-25)47-35-13-5-1-9-27(35)31-19-33-29-11-3-7-15-40(29)49-42(33)21-37(31)47/h1-22H. The number of fused-ring (bicyclic) bond motifs is 12. The second-order valence-corrected chi connectivity index (χ2v) is 14.9. The van der Waals surface area contributed by atoms with E-state index in [-0.39, 0.29) is 0 Å². The van der Waals surface area contributed by atoms with E-state index in [1.165, 1.54) is 40.3 Å². The number of thiophene rings is 2. The molecule has 4 nitrogen and oxygen atoms in total. The molecule has 0 aliphatic heterocycles. The Kier molecular flexibility index (Phi) is 5.52. The first-order valence-electron chi connectivity index (χ1n) is 16.4. The van der Waals surface area contributed by atoms with Crippen molar-refractivity contribution in [1.82, 2.24) is 9.13 Å². The van der Waals surface area contributed by atoms with Crippen LogP contribution in [-0.4, -0.2) is 9.13 Å². The highest BCUT2D eigenvalue weighted by atomic mass is 32.1. The predicted octanol–water partition coefficient (Wildman–Crippen LogP) is 12.4. The molecule has 0 spiro atoms. The van der Waals surface area contributed by atoms with Gasteiger partial charge in [-0.3, -0.25) is 0 Å². The molecule has 0 atom stereocenters. The molecule has 0 aliphatic rings. The number of hydrogen-bond donors (Lipinski definition) is 0. The number of nitriles is 2. The average molecular weight is 671 g/mol. The Morgan fingerprint density at radius 3 is 1.46 bits per heavy atom. The maximum atomic E-state index is 10.8.